The minimum Gasteiger partial charge on any atom is -0.461 e. The number of primary amides is 1. The maximum Gasteiger partial charge on any atom is 0.408 e. The van der Waals surface area contributed by atoms with E-state index < -0.39 is 84.3 Å². The zero-order valence-corrected chi connectivity index (χ0v) is 32.6. The van der Waals surface area contributed by atoms with Crippen LogP contribution < -0.4 is 32.3 Å². The Morgan fingerprint density at radius 3 is 1.87 bits per heavy atom. The number of hydrogen-bond donors (Lipinski definition) is 6. The Kier molecular flexibility index (Phi) is 19.0. The molecule has 0 saturated carbocycles. The molecule has 6 amide bonds. The molecule has 0 saturated heterocycles. The Morgan fingerprint density at radius 1 is 0.741 bits per heavy atom. The van der Waals surface area contributed by atoms with Gasteiger partial charge in [-0.05, 0) is 62.7 Å². The summed E-state index contributed by atoms with van der Waals surface area (Å²) in [5.74, 6) is -3.83. The average molecular weight is 771 g/mol. The molecule has 2 aromatic rings. The summed E-state index contributed by atoms with van der Waals surface area (Å²) in [5, 5.41) is 12.7. The first-order chi connectivity index (χ1) is 25.5. The normalized spacial score (nSPS) is 13.3. The van der Waals surface area contributed by atoms with Gasteiger partial charge in [-0.25, -0.2) is 4.79 Å². The van der Waals surface area contributed by atoms with Crippen molar-refractivity contribution in [2.75, 3.05) is 18.6 Å². The quantitative estimate of drug-likeness (QED) is 0.101. The number of alkyl carbamates (subject to hydrolysis) is 1. The highest BCUT2D eigenvalue weighted by Crippen LogP contribution is 2.11. The summed E-state index contributed by atoms with van der Waals surface area (Å²) in [5.41, 5.74) is 5.94. The SMILES string of the molecule is CSCC[C@H](NC(=O)[C@H](CC(C)C)NC(=O)CNC(=O)[C@H](Cc1ccccc1)NC(=O)[C@H](CC(=O)OCc1ccccc1)NC(=O)OC(C)(C)C)C(N)=O. The van der Waals surface area contributed by atoms with Crippen molar-refractivity contribution in [2.24, 2.45) is 11.7 Å². The summed E-state index contributed by atoms with van der Waals surface area (Å²) in [4.78, 5) is 91.0. The topological polar surface area (TPSA) is 224 Å². The number of ether oxygens (including phenoxy) is 2. The van der Waals surface area contributed by atoms with Crippen molar-refractivity contribution >= 4 is 53.4 Å². The number of amides is 6. The van der Waals surface area contributed by atoms with Crippen molar-refractivity contribution < 1.29 is 43.0 Å². The number of carbonyl (C=O) groups excluding carboxylic acids is 7. The van der Waals surface area contributed by atoms with Gasteiger partial charge >= 0.3 is 12.1 Å². The van der Waals surface area contributed by atoms with Crippen molar-refractivity contribution in [1.82, 2.24) is 26.6 Å². The molecule has 0 spiro atoms. The number of hydrogen-bond acceptors (Lipinski definition) is 10. The number of esters is 1. The maximum absolute atomic E-state index is 13.7. The lowest BCUT2D eigenvalue weighted by molar-refractivity contribution is -0.147. The molecule has 0 unspecified atom stereocenters. The molecule has 0 aromatic heterocycles. The second kappa shape index (κ2) is 22.8. The zero-order valence-electron chi connectivity index (χ0n) is 31.8. The van der Waals surface area contributed by atoms with E-state index in [-0.39, 0.29) is 25.4 Å². The molecule has 0 aliphatic heterocycles. The van der Waals surface area contributed by atoms with Crippen LogP contribution in [-0.4, -0.2) is 89.9 Å². The summed E-state index contributed by atoms with van der Waals surface area (Å²) in [6, 6.07) is 12.9. The van der Waals surface area contributed by atoms with Crippen LogP contribution in [0.15, 0.2) is 60.7 Å². The van der Waals surface area contributed by atoms with Crippen molar-refractivity contribution in [3.05, 3.63) is 71.8 Å². The molecule has 4 atom stereocenters. The van der Waals surface area contributed by atoms with Gasteiger partial charge in [-0.1, -0.05) is 74.5 Å². The van der Waals surface area contributed by atoms with Gasteiger partial charge in [0.1, 0.15) is 36.4 Å². The number of thioether (sulfide) groups is 1. The van der Waals surface area contributed by atoms with Crippen LogP contribution in [0.5, 0.6) is 0 Å². The predicted molar refractivity (Wildman–Crippen MR) is 205 cm³/mol. The molecular formula is C38H54N6O9S. The average Bonchev–Trinajstić information content (AvgIpc) is 3.10. The van der Waals surface area contributed by atoms with E-state index in [4.69, 9.17) is 15.2 Å². The monoisotopic (exact) mass is 770 g/mol. The van der Waals surface area contributed by atoms with Crippen molar-refractivity contribution in [3.8, 4) is 0 Å². The predicted octanol–water partition coefficient (Wildman–Crippen LogP) is 2.11. The Balaban J connectivity index is 2.21. The van der Waals surface area contributed by atoms with Gasteiger partial charge < -0.3 is 41.8 Å². The van der Waals surface area contributed by atoms with Crippen molar-refractivity contribution in [1.29, 1.82) is 0 Å². The number of rotatable bonds is 21. The van der Waals surface area contributed by atoms with E-state index in [0.717, 1.165) is 0 Å². The van der Waals surface area contributed by atoms with Crippen LogP contribution in [0.1, 0.15) is 65.0 Å². The van der Waals surface area contributed by atoms with E-state index in [1.807, 2.05) is 26.2 Å². The Hall–Kier alpha value is -5.12. The van der Waals surface area contributed by atoms with Crippen LogP contribution in [0.4, 0.5) is 4.79 Å². The lowest BCUT2D eigenvalue weighted by Crippen LogP contribution is -2.57. The van der Waals surface area contributed by atoms with Gasteiger partial charge in [0.15, 0.2) is 0 Å². The molecule has 0 fully saturated rings. The number of nitrogens with two attached hydrogens (primary N) is 1. The maximum atomic E-state index is 13.7. The molecule has 54 heavy (non-hydrogen) atoms. The van der Waals surface area contributed by atoms with E-state index in [9.17, 15) is 33.6 Å². The molecular weight excluding hydrogens is 717 g/mol. The molecule has 0 aliphatic carbocycles. The van der Waals surface area contributed by atoms with Crippen LogP contribution in [0.25, 0.3) is 0 Å². The molecule has 0 aliphatic rings. The van der Waals surface area contributed by atoms with E-state index in [2.05, 4.69) is 26.6 Å². The second-order valence-corrected chi connectivity index (χ2v) is 15.0. The largest absolute Gasteiger partial charge is 0.461 e. The first-order valence-corrected chi connectivity index (χ1v) is 19.1. The summed E-state index contributed by atoms with van der Waals surface area (Å²) < 4.78 is 10.6. The first kappa shape index (κ1) is 45.0. The molecule has 16 heteroatoms. The van der Waals surface area contributed by atoms with Crippen molar-refractivity contribution in [2.45, 2.75) is 96.7 Å². The fourth-order valence-corrected chi connectivity index (χ4v) is 5.46. The van der Waals surface area contributed by atoms with E-state index in [1.54, 1.807) is 75.4 Å². The molecule has 0 radical (unpaired) electrons. The van der Waals surface area contributed by atoms with E-state index in [1.165, 1.54) is 11.8 Å². The molecule has 15 nitrogen and oxygen atoms in total. The third-order valence-electron chi connectivity index (χ3n) is 7.59. The molecule has 296 valence electrons. The highest BCUT2D eigenvalue weighted by molar-refractivity contribution is 7.98. The molecule has 7 N–H and O–H groups in total. The van der Waals surface area contributed by atoms with Crippen LogP contribution in [0, 0.1) is 5.92 Å². The van der Waals surface area contributed by atoms with Crippen molar-refractivity contribution in [3.63, 3.8) is 0 Å². The van der Waals surface area contributed by atoms with Crippen LogP contribution in [0.3, 0.4) is 0 Å². The van der Waals surface area contributed by atoms with Gasteiger partial charge in [-0.2, -0.15) is 11.8 Å². The molecule has 0 heterocycles. The summed E-state index contributed by atoms with van der Waals surface area (Å²) in [6.07, 6.45) is 0.860. The van der Waals surface area contributed by atoms with E-state index in [0.29, 0.717) is 23.3 Å². The molecule has 0 bridgehead atoms. The molecule has 2 rings (SSSR count). The first-order valence-electron chi connectivity index (χ1n) is 17.7. The van der Waals surface area contributed by atoms with Crippen LogP contribution >= 0.6 is 11.8 Å². The highest BCUT2D eigenvalue weighted by Gasteiger charge is 2.32. The lowest BCUT2D eigenvalue weighted by atomic mass is 10.0. The van der Waals surface area contributed by atoms with Gasteiger partial charge in [0.05, 0.1) is 13.0 Å². The third kappa shape index (κ3) is 18.1. The number of carbonyl (C=O) groups is 7. The van der Waals surface area contributed by atoms with Gasteiger partial charge in [0, 0.05) is 6.42 Å². The molecule has 2 aromatic carbocycles. The van der Waals surface area contributed by atoms with Gasteiger partial charge in [-0.3, -0.25) is 28.8 Å². The summed E-state index contributed by atoms with van der Waals surface area (Å²) in [6.45, 7) is 8.00. The highest BCUT2D eigenvalue weighted by atomic mass is 32.2. The summed E-state index contributed by atoms with van der Waals surface area (Å²) in [7, 11) is 0. The van der Waals surface area contributed by atoms with Crippen LogP contribution in [0.2, 0.25) is 0 Å². The van der Waals surface area contributed by atoms with Gasteiger partial charge in [0.25, 0.3) is 0 Å². The lowest BCUT2D eigenvalue weighted by Gasteiger charge is -2.25. The summed E-state index contributed by atoms with van der Waals surface area (Å²) >= 11 is 1.49. The zero-order chi connectivity index (χ0) is 40.3. The smallest absolute Gasteiger partial charge is 0.408 e. The Morgan fingerprint density at radius 2 is 1.31 bits per heavy atom. The minimum atomic E-state index is -1.49. The van der Waals surface area contributed by atoms with E-state index >= 15 is 0 Å². The number of benzene rings is 2. The fraction of sp³-hybridized carbons (Fsp3) is 0.500. The Labute approximate surface area is 321 Å². The minimum absolute atomic E-state index is 0.0133. The van der Waals surface area contributed by atoms with Gasteiger partial charge in [-0.15, -0.1) is 0 Å². The standard InChI is InChI=1S/C38H54N6O9S/c1-24(2)19-28(35(49)42-27(33(39)47)17-18-54-6)41-31(45)22-40-34(48)29(20-25-13-9-7-10-14-25)43-36(50)30(44-37(51)53-38(3,4)5)21-32(46)52-23-26-15-11-8-12-16-26/h7-16,24,27-30H,17-23H2,1-6H3,(H2,39,47)(H,40,48)(H,41,45)(H,42,49)(H,43,50)(H,44,51)/t27-,28-,29-,30-/m0/s1. The van der Waals surface area contributed by atoms with Crippen LogP contribution in [-0.2, 0) is 51.3 Å². The third-order valence-corrected chi connectivity index (χ3v) is 8.23. The van der Waals surface area contributed by atoms with Gasteiger partial charge in [0.2, 0.25) is 29.5 Å². The number of nitrogens with one attached hydrogen (secondary N) is 5. The Bertz CT molecular complexity index is 1550. The second-order valence-electron chi connectivity index (χ2n) is 14.0. The fourth-order valence-electron chi connectivity index (χ4n) is 4.99.